The topological polar surface area (TPSA) is 62.1 Å². The fraction of sp³-hybridized carbons (Fsp3) is 0.909. The predicted molar refractivity (Wildman–Crippen MR) is 67.2 cm³/mol. The molecule has 3 saturated heterocycles. The normalized spacial score (nSPS) is 32.7. The zero-order valence-electron chi connectivity index (χ0n) is 11.1. The molecule has 100 valence electrons. The minimum atomic E-state index is 0.400. The molecule has 7 nitrogen and oxygen atoms in total. The molecule has 1 aromatic heterocycles. The molecule has 3 aliphatic rings. The van der Waals surface area contributed by atoms with Gasteiger partial charge in [0.2, 0.25) is 0 Å². The Morgan fingerprint density at radius 1 is 1.33 bits per heavy atom. The second kappa shape index (κ2) is 4.91. The number of hydrogen-bond acceptors (Lipinski definition) is 6. The van der Waals surface area contributed by atoms with Gasteiger partial charge in [0.25, 0.3) is 0 Å². The van der Waals surface area contributed by atoms with Crippen molar-refractivity contribution in [2.75, 3.05) is 39.8 Å². The fourth-order valence-electron chi connectivity index (χ4n) is 3.07. The Labute approximate surface area is 107 Å². The zero-order chi connectivity index (χ0) is 12.5. The highest BCUT2D eigenvalue weighted by Crippen LogP contribution is 2.19. The molecule has 2 atom stereocenters. The average molecular weight is 251 g/mol. The van der Waals surface area contributed by atoms with E-state index in [9.17, 15) is 0 Å². The van der Waals surface area contributed by atoms with Crippen LogP contribution in [0.2, 0.25) is 0 Å². The third-order valence-electron chi connectivity index (χ3n) is 4.11. The number of hydrogen-bond donors (Lipinski definition) is 1. The molecule has 3 fully saturated rings. The lowest BCUT2D eigenvalue weighted by Crippen LogP contribution is -2.66. The molecule has 0 amide bonds. The summed E-state index contributed by atoms with van der Waals surface area (Å²) in [4.78, 5) is 6.68. The van der Waals surface area contributed by atoms with E-state index in [1.54, 1.807) is 0 Å². The van der Waals surface area contributed by atoms with Crippen LogP contribution in [0.4, 0.5) is 0 Å². The Kier molecular flexibility index (Phi) is 3.27. The van der Waals surface area contributed by atoms with E-state index in [1.807, 2.05) is 14.1 Å². The van der Waals surface area contributed by atoms with E-state index in [2.05, 4.69) is 30.5 Å². The lowest BCUT2D eigenvalue weighted by molar-refractivity contribution is -0.00229. The van der Waals surface area contributed by atoms with E-state index in [1.165, 1.54) is 31.0 Å². The second-order valence-electron chi connectivity index (χ2n) is 5.20. The maximum absolute atomic E-state index is 4.28. The van der Waals surface area contributed by atoms with Gasteiger partial charge in [0.1, 0.15) is 0 Å². The van der Waals surface area contributed by atoms with Gasteiger partial charge in [0.15, 0.2) is 5.82 Å². The molecule has 0 aliphatic carbocycles. The van der Waals surface area contributed by atoms with Crippen LogP contribution in [0.1, 0.15) is 5.82 Å². The van der Waals surface area contributed by atoms with E-state index in [4.69, 9.17) is 0 Å². The first-order valence-electron chi connectivity index (χ1n) is 6.63. The van der Waals surface area contributed by atoms with Gasteiger partial charge in [-0.3, -0.25) is 9.80 Å². The molecule has 0 spiro atoms. The number of nitrogens with zero attached hydrogens (tertiary/aromatic N) is 6. The van der Waals surface area contributed by atoms with E-state index >= 15 is 0 Å². The maximum Gasteiger partial charge on any atom is 0.176 e. The summed E-state index contributed by atoms with van der Waals surface area (Å²) in [5, 5.41) is 15.7. The van der Waals surface area contributed by atoms with Gasteiger partial charge < -0.3 is 5.32 Å². The van der Waals surface area contributed by atoms with Crippen LogP contribution in [0, 0.1) is 0 Å². The van der Waals surface area contributed by atoms with Crippen molar-refractivity contribution in [2.24, 2.45) is 7.05 Å². The number of fused-ring (bicyclic) bond motifs is 3. The molecule has 4 heterocycles. The molecule has 1 aromatic rings. The zero-order valence-corrected chi connectivity index (χ0v) is 11.1. The van der Waals surface area contributed by atoms with Crippen LogP contribution in [0.25, 0.3) is 0 Å². The first-order chi connectivity index (χ1) is 8.76. The van der Waals surface area contributed by atoms with Crippen LogP contribution >= 0.6 is 0 Å². The minimum Gasteiger partial charge on any atom is -0.315 e. The molecule has 0 saturated carbocycles. The number of piperazine rings is 3. The third kappa shape index (κ3) is 2.25. The molecule has 18 heavy (non-hydrogen) atoms. The number of aromatic nitrogens is 4. The predicted octanol–water partition coefficient (Wildman–Crippen LogP) is -1.66. The van der Waals surface area contributed by atoms with E-state index in [0.717, 1.165) is 18.8 Å². The maximum atomic E-state index is 4.28. The summed E-state index contributed by atoms with van der Waals surface area (Å²) in [5.41, 5.74) is 0. The van der Waals surface area contributed by atoms with Gasteiger partial charge in [0.05, 0.1) is 7.05 Å². The van der Waals surface area contributed by atoms with E-state index in [0.29, 0.717) is 12.1 Å². The van der Waals surface area contributed by atoms with Crippen LogP contribution in [-0.2, 0) is 13.5 Å². The van der Waals surface area contributed by atoms with E-state index < -0.39 is 0 Å². The van der Waals surface area contributed by atoms with Crippen molar-refractivity contribution in [2.45, 2.75) is 18.5 Å². The number of aryl methyl sites for hydroxylation is 1. The van der Waals surface area contributed by atoms with Crippen molar-refractivity contribution in [3.63, 3.8) is 0 Å². The monoisotopic (exact) mass is 251 g/mol. The summed E-state index contributed by atoms with van der Waals surface area (Å²) in [6.45, 7) is 5.98. The summed E-state index contributed by atoms with van der Waals surface area (Å²) in [5.74, 6) is 0.828. The Morgan fingerprint density at radius 2 is 2.11 bits per heavy atom. The number of rotatable bonds is 4. The molecule has 2 bridgehead atoms. The van der Waals surface area contributed by atoms with Crippen LogP contribution < -0.4 is 5.32 Å². The van der Waals surface area contributed by atoms with Crippen LogP contribution in [0.5, 0.6) is 0 Å². The largest absolute Gasteiger partial charge is 0.315 e. The molecular weight excluding hydrogens is 230 g/mol. The van der Waals surface area contributed by atoms with Gasteiger partial charge in [-0.25, -0.2) is 0 Å². The lowest BCUT2D eigenvalue weighted by atomic mass is 9.97. The van der Waals surface area contributed by atoms with Gasteiger partial charge in [-0.1, -0.05) is 0 Å². The Hall–Kier alpha value is -1.05. The summed E-state index contributed by atoms with van der Waals surface area (Å²) in [6, 6.07) is 0.971. The van der Waals surface area contributed by atoms with Crippen molar-refractivity contribution in [1.29, 1.82) is 0 Å². The quantitative estimate of drug-likeness (QED) is 0.691. The SMILES string of the molecule is CNC(Cc1nnn(C)n1)C1CN2CCN1CC2. The molecule has 4 rings (SSSR count). The van der Waals surface area contributed by atoms with Gasteiger partial charge in [0, 0.05) is 51.2 Å². The first kappa shape index (κ1) is 12.0. The summed E-state index contributed by atoms with van der Waals surface area (Å²) < 4.78 is 0. The summed E-state index contributed by atoms with van der Waals surface area (Å²) in [6.07, 6.45) is 0.847. The van der Waals surface area contributed by atoms with Crippen molar-refractivity contribution in [1.82, 2.24) is 35.3 Å². The fourth-order valence-corrected chi connectivity index (χ4v) is 3.07. The highest BCUT2D eigenvalue weighted by Gasteiger charge is 2.36. The van der Waals surface area contributed by atoms with Crippen LogP contribution in [0.15, 0.2) is 0 Å². The Morgan fingerprint density at radius 3 is 2.61 bits per heavy atom. The number of tetrazole rings is 1. The molecule has 7 heteroatoms. The van der Waals surface area contributed by atoms with Crippen molar-refractivity contribution >= 4 is 0 Å². The average Bonchev–Trinajstić information content (AvgIpc) is 2.83. The van der Waals surface area contributed by atoms with Crippen LogP contribution in [0.3, 0.4) is 0 Å². The summed E-state index contributed by atoms with van der Waals surface area (Å²) >= 11 is 0. The van der Waals surface area contributed by atoms with Gasteiger partial charge in [-0.2, -0.15) is 4.80 Å². The van der Waals surface area contributed by atoms with Crippen molar-refractivity contribution in [3.05, 3.63) is 5.82 Å². The van der Waals surface area contributed by atoms with Gasteiger partial charge >= 0.3 is 0 Å². The lowest BCUT2D eigenvalue weighted by Gasteiger charge is -2.50. The molecule has 0 aromatic carbocycles. The van der Waals surface area contributed by atoms with Crippen molar-refractivity contribution in [3.8, 4) is 0 Å². The smallest absolute Gasteiger partial charge is 0.176 e. The van der Waals surface area contributed by atoms with E-state index in [-0.39, 0.29) is 0 Å². The molecule has 3 aliphatic heterocycles. The highest BCUT2D eigenvalue weighted by molar-refractivity contribution is 4.98. The third-order valence-corrected chi connectivity index (χ3v) is 4.11. The Bertz CT molecular complexity index is 396. The van der Waals surface area contributed by atoms with Gasteiger partial charge in [-0.15, -0.1) is 10.2 Å². The second-order valence-corrected chi connectivity index (χ2v) is 5.20. The highest BCUT2D eigenvalue weighted by atomic mass is 15.6. The van der Waals surface area contributed by atoms with Crippen molar-refractivity contribution < 1.29 is 0 Å². The first-order valence-corrected chi connectivity index (χ1v) is 6.63. The molecule has 0 radical (unpaired) electrons. The molecular formula is C11H21N7. The minimum absolute atomic E-state index is 0.400. The van der Waals surface area contributed by atoms with Gasteiger partial charge in [-0.05, 0) is 12.3 Å². The summed E-state index contributed by atoms with van der Waals surface area (Å²) in [7, 11) is 3.84. The number of nitrogens with one attached hydrogen (secondary N) is 1. The van der Waals surface area contributed by atoms with Crippen LogP contribution in [-0.4, -0.2) is 81.9 Å². The Balaban J connectivity index is 1.68. The number of likely N-dealkylation sites (N-methyl/N-ethyl adjacent to an activating group) is 1. The molecule has 2 unspecified atom stereocenters. The standard InChI is InChI=1S/C11H21N7/c1-12-9(7-11-13-15-16(2)14-11)10-8-17-3-5-18(10)6-4-17/h9-10,12H,3-8H2,1-2H3. The molecule has 1 N–H and O–H groups in total.